The summed E-state index contributed by atoms with van der Waals surface area (Å²) in [6, 6.07) is 15.6. The first kappa shape index (κ1) is 20.0. The van der Waals surface area contributed by atoms with E-state index in [9.17, 15) is 14.4 Å². The lowest BCUT2D eigenvalue weighted by Gasteiger charge is -2.09. The molecule has 3 amide bonds. The molecule has 0 saturated heterocycles. The molecule has 0 saturated carbocycles. The van der Waals surface area contributed by atoms with Gasteiger partial charge in [0.05, 0.1) is 0 Å². The Hall–Kier alpha value is -3.35. The Labute approximate surface area is 158 Å². The molecule has 27 heavy (non-hydrogen) atoms. The third-order valence-corrected chi connectivity index (χ3v) is 3.68. The molecule has 0 bridgehead atoms. The number of rotatable bonds is 7. The number of hydrazine groups is 1. The highest BCUT2D eigenvalue weighted by Crippen LogP contribution is 2.10. The highest BCUT2D eigenvalue weighted by Gasteiger charge is 2.09. The van der Waals surface area contributed by atoms with Gasteiger partial charge in [-0.25, -0.2) is 10.2 Å². The maximum Gasteiger partial charge on any atom is 0.426 e. The fourth-order valence-electron chi connectivity index (χ4n) is 2.20. The van der Waals surface area contributed by atoms with E-state index in [2.05, 4.69) is 16.2 Å². The molecule has 2 aromatic carbocycles. The van der Waals surface area contributed by atoms with Crippen molar-refractivity contribution in [2.45, 2.75) is 32.8 Å². The van der Waals surface area contributed by atoms with Crippen molar-refractivity contribution in [3.05, 3.63) is 65.7 Å². The molecule has 0 unspecified atom stereocenters. The zero-order valence-electron chi connectivity index (χ0n) is 15.2. The molecule has 0 radical (unpaired) electrons. The van der Waals surface area contributed by atoms with Crippen LogP contribution in [0.1, 0.15) is 42.1 Å². The summed E-state index contributed by atoms with van der Waals surface area (Å²) >= 11 is 0. The molecule has 142 valence electrons. The number of unbranched alkanes of at least 4 members (excludes halogenated alkanes) is 1. The summed E-state index contributed by atoms with van der Waals surface area (Å²) in [5.74, 6) is -0.549. The SMILES string of the molecule is CCCCC(=O)Nc1ccc(C(=O)NNC(=O)OCc2ccccc2)cc1. The fourth-order valence-corrected chi connectivity index (χ4v) is 2.20. The number of hydrogen-bond donors (Lipinski definition) is 3. The van der Waals surface area contributed by atoms with Gasteiger partial charge in [-0.2, -0.15) is 0 Å². The van der Waals surface area contributed by atoms with Crippen LogP contribution in [0, 0.1) is 0 Å². The summed E-state index contributed by atoms with van der Waals surface area (Å²) in [5, 5.41) is 2.77. The summed E-state index contributed by atoms with van der Waals surface area (Å²) in [5.41, 5.74) is 6.26. The molecule has 0 fully saturated rings. The van der Waals surface area contributed by atoms with Gasteiger partial charge in [0.2, 0.25) is 5.91 Å². The van der Waals surface area contributed by atoms with Crippen molar-refractivity contribution in [1.29, 1.82) is 0 Å². The number of hydrogen-bond acceptors (Lipinski definition) is 4. The third-order valence-electron chi connectivity index (χ3n) is 3.68. The Kier molecular flexibility index (Phi) is 7.84. The van der Waals surface area contributed by atoms with Gasteiger partial charge in [0.1, 0.15) is 6.61 Å². The van der Waals surface area contributed by atoms with E-state index >= 15 is 0 Å². The molecule has 0 aliphatic carbocycles. The fraction of sp³-hybridized carbons (Fsp3) is 0.250. The van der Waals surface area contributed by atoms with Crippen LogP contribution in [0.5, 0.6) is 0 Å². The van der Waals surface area contributed by atoms with Gasteiger partial charge in [-0.3, -0.25) is 15.0 Å². The van der Waals surface area contributed by atoms with Crippen LogP contribution in [0.15, 0.2) is 54.6 Å². The van der Waals surface area contributed by atoms with Crippen molar-refractivity contribution in [2.75, 3.05) is 5.32 Å². The molecule has 0 aliphatic rings. The van der Waals surface area contributed by atoms with Crippen LogP contribution >= 0.6 is 0 Å². The van der Waals surface area contributed by atoms with E-state index in [0.29, 0.717) is 17.7 Å². The summed E-state index contributed by atoms with van der Waals surface area (Å²) in [4.78, 5) is 35.3. The lowest BCUT2D eigenvalue weighted by Crippen LogP contribution is -2.41. The van der Waals surface area contributed by atoms with Gasteiger partial charge < -0.3 is 10.1 Å². The van der Waals surface area contributed by atoms with E-state index in [1.54, 1.807) is 24.3 Å². The van der Waals surface area contributed by atoms with Gasteiger partial charge in [-0.15, -0.1) is 0 Å². The van der Waals surface area contributed by atoms with E-state index in [-0.39, 0.29) is 12.5 Å². The molecule has 0 aromatic heterocycles. The number of nitrogens with one attached hydrogen (secondary N) is 3. The molecule has 2 aromatic rings. The van der Waals surface area contributed by atoms with E-state index < -0.39 is 12.0 Å². The smallest absolute Gasteiger partial charge is 0.426 e. The van der Waals surface area contributed by atoms with Gasteiger partial charge >= 0.3 is 6.09 Å². The monoisotopic (exact) mass is 369 g/mol. The number of ether oxygens (including phenoxy) is 1. The van der Waals surface area contributed by atoms with Crippen LogP contribution in [-0.2, 0) is 16.1 Å². The van der Waals surface area contributed by atoms with Gasteiger partial charge in [0, 0.05) is 17.7 Å². The van der Waals surface area contributed by atoms with Crippen LogP contribution in [0.3, 0.4) is 0 Å². The second-order valence-electron chi connectivity index (χ2n) is 5.87. The normalized spacial score (nSPS) is 9.96. The maximum absolute atomic E-state index is 12.0. The van der Waals surface area contributed by atoms with E-state index in [4.69, 9.17) is 4.74 Å². The Bertz CT molecular complexity index is 761. The van der Waals surface area contributed by atoms with Crippen LogP contribution in [-0.4, -0.2) is 17.9 Å². The molecule has 7 heteroatoms. The minimum atomic E-state index is -0.757. The number of carbonyl (C=O) groups is 3. The zero-order chi connectivity index (χ0) is 19.5. The van der Waals surface area contributed by atoms with Crippen molar-refractivity contribution in [1.82, 2.24) is 10.9 Å². The second kappa shape index (κ2) is 10.6. The molecule has 0 spiro atoms. The number of benzene rings is 2. The lowest BCUT2D eigenvalue weighted by atomic mass is 10.2. The summed E-state index contributed by atoms with van der Waals surface area (Å²) in [6.07, 6.45) is 1.49. The van der Waals surface area contributed by atoms with Crippen molar-refractivity contribution >= 4 is 23.6 Å². The molecule has 2 rings (SSSR count). The number of amides is 3. The molecule has 7 nitrogen and oxygen atoms in total. The van der Waals surface area contributed by atoms with Gasteiger partial charge in [0.15, 0.2) is 0 Å². The third kappa shape index (κ3) is 7.19. The van der Waals surface area contributed by atoms with Crippen LogP contribution < -0.4 is 16.2 Å². The summed E-state index contributed by atoms with van der Waals surface area (Å²) in [6.45, 7) is 2.13. The van der Waals surface area contributed by atoms with E-state index in [1.165, 1.54) is 0 Å². The van der Waals surface area contributed by atoms with Crippen molar-refractivity contribution < 1.29 is 19.1 Å². The number of carbonyl (C=O) groups excluding carboxylic acids is 3. The Balaban J connectivity index is 1.75. The van der Waals surface area contributed by atoms with Gasteiger partial charge in [0.25, 0.3) is 5.91 Å². The Morgan fingerprint density at radius 3 is 2.30 bits per heavy atom. The summed E-state index contributed by atoms with van der Waals surface area (Å²) < 4.78 is 5.00. The zero-order valence-corrected chi connectivity index (χ0v) is 15.2. The molecule has 0 heterocycles. The number of anilines is 1. The van der Waals surface area contributed by atoms with Crippen molar-refractivity contribution in [3.63, 3.8) is 0 Å². The quantitative estimate of drug-likeness (QED) is 0.652. The topological polar surface area (TPSA) is 96.5 Å². The summed E-state index contributed by atoms with van der Waals surface area (Å²) in [7, 11) is 0. The van der Waals surface area contributed by atoms with Crippen molar-refractivity contribution in [2.24, 2.45) is 0 Å². The molecule has 0 aliphatic heterocycles. The lowest BCUT2D eigenvalue weighted by molar-refractivity contribution is -0.116. The van der Waals surface area contributed by atoms with E-state index in [1.807, 2.05) is 37.3 Å². The molecule has 0 atom stereocenters. The van der Waals surface area contributed by atoms with Crippen LogP contribution in [0.2, 0.25) is 0 Å². The van der Waals surface area contributed by atoms with E-state index in [0.717, 1.165) is 18.4 Å². The largest absolute Gasteiger partial charge is 0.443 e. The highest BCUT2D eigenvalue weighted by atomic mass is 16.6. The average molecular weight is 369 g/mol. The molecular formula is C20H23N3O4. The first-order chi connectivity index (χ1) is 13.1. The van der Waals surface area contributed by atoms with Crippen LogP contribution in [0.4, 0.5) is 10.5 Å². The van der Waals surface area contributed by atoms with Gasteiger partial charge in [-0.05, 0) is 36.2 Å². The van der Waals surface area contributed by atoms with Gasteiger partial charge in [-0.1, -0.05) is 43.7 Å². The Morgan fingerprint density at radius 1 is 0.926 bits per heavy atom. The first-order valence-electron chi connectivity index (χ1n) is 8.75. The van der Waals surface area contributed by atoms with Crippen molar-refractivity contribution in [3.8, 4) is 0 Å². The Morgan fingerprint density at radius 2 is 1.63 bits per heavy atom. The second-order valence-corrected chi connectivity index (χ2v) is 5.87. The first-order valence-corrected chi connectivity index (χ1v) is 8.75. The minimum Gasteiger partial charge on any atom is -0.443 e. The molecular weight excluding hydrogens is 346 g/mol. The predicted molar refractivity (Wildman–Crippen MR) is 102 cm³/mol. The highest BCUT2D eigenvalue weighted by molar-refractivity contribution is 5.96. The maximum atomic E-state index is 12.0. The standard InChI is InChI=1S/C20H23N3O4/c1-2-3-9-18(24)21-17-12-10-16(11-13-17)19(25)22-23-20(26)27-14-15-7-5-4-6-8-15/h4-8,10-13H,2-3,9,14H2,1H3,(H,21,24)(H,22,25)(H,23,26). The minimum absolute atomic E-state index is 0.0584. The average Bonchev–Trinajstić information content (AvgIpc) is 2.70. The molecule has 3 N–H and O–H groups in total. The predicted octanol–water partition coefficient (Wildman–Crippen LogP) is 3.39. The van der Waals surface area contributed by atoms with Crippen LogP contribution in [0.25, 0.3) is 0 Å².